The van der Waals surface area contributed by atoms with Gasteiger partial charge in [-0.1, -0.05) is 0 Å². The molecule has 116 valence electrons. The maximum absolute atomic E-state index is 12.2. The first-order valence-electron chi connectivity index (χ1n) is 7.81. The Morgan fingerprint density at radius 2 is 2.14 bits per heavy atom. The van der Waals surface area contributed by atoms with Crippen molar-refractivity contribution in [1.29, 1.82) is 0 Å². The molecule has 2 saturated heterocycles. The third-order valence-corrected chi connectivity index (χ3v) is 4.50. The normalized spacial score (nSPS) is 23.7. The van der Waals surface area contributed by atoms with Gasteiger partial charge in [0.2, 0.25) is 0 Å². The van der Waals surface area contributed by atoms with Crippen molar-refractivity contribution in [3.05, 3.63) is 22.6 Å². The maximum Gasteiger partial charge on any atom is 0.268 e. The summed E-state index contributed by atoms with van der Waals surface area (Å²) in [6.07, 6.45) is 3.91. The van der Waals surface area contributed by atoms with E-state index < -0.39 is 0 Å². The third kappa shape index (κ3) is 3.63. The molecule has 2 aliphatic heterocycles. The van der Waals surface area contributed by atoms with Gasteiger partial charge in [-0.2, -0.15) is 5.10 Å². The fourth-order valence-corrected chi connectivity index (χ4v) is 2.95. The lowest BCUT2D eigenvalue weighted by atomic mass is 10.1. The van der Waals surface area contributed by atoms with Crippen molar-refractivity contribution in [2.24, 2.45) is 5.92 Å². The van der Waals surface area contributed by atoms with E-state index in [9.17, 15) is 4.79 Å². The number of aryl methyl sites for hydroxylation is 1. The van der Waals surface area contributed by atoms with Crippen molar-refractivity contribution in [2.45, 2.75) is 19.4 Å². The Balaban J connectivity index is 1.61. The van der Waals surface area contributed by atoms with Crippen LogP contribution >= 0.6 is 0 Å². The molecule has 0 bridgehead atoms. The standard InChI is InChI=1S/C15H24N4O2/c1-17-5-7-18(8-6-17)14-10-15(20)19(16-11-14)4-2-13-3-9-21-12-13/h10-11,13H,2-9,12H2,1H3. The minimum atomic E-state index is 0.00495. The maximum atomic E-state index is 12.2. The van der Waals surface area contributed by atoms with Crippen LogP contribution in [0.2, 0.25) is 0 Å². The van der Waals surface area contributed by atoms with Gasteiger partial charge >= 0.3 is 0 Å². The summed E-state index contributed by atoms with van der Waals surface area (Å²) in [6.45, 7) is 6.36. The second kappa shape index (κ2) is 6.58. The zero-order valence-corrected chi connectivity index (χ0v) is 12.7. The molecule has 1 unspecified atom stereocenters. The zero-order chi connectivity index (χ0) is 14.7. The summed E-state index contributed by atoms with van der Waals surface area (Å²) >= 11 is 0. The van der Waals surface area contributed by atoms with Crippen LogP contribution in [0.25, 0.3) is 0 Å². The molecular weight excluding hydrogens is 268 g/mol. The topological polar surface area (TPSA) is 50.6 Å². The number of piperazine rings is 1. The number of anilines is 1. The van der Waals surface area contributed by atoms with Gasteiger partial charge in [0.15, 0.2) is 0 Å². The van der Waals surface area contributed by atoms with Crippen LogP contribution in [0.1, 0.15) is 12.8 Å². The highest BCUT2D eigenvalue weighted by atomic mass is 16.5. The molecule has 3 rings (SSSR count). The average molecular weight is 292 g/mol. The smallest absolute Gasteiger partial charge is 0.268 e. The van der Waals surface area contributed by atoms with Crippen LogP contribution in [0.3, 0.4) is 0 Å². The van der Waals surface area contributed by atoms with Gasteiger partial charge in [-0.3, -0.25) is 4.79 Å². The van der Waals surface area contributed by atoms with Gasteiger partial charge < -0.3 is 14.5 Å². The molecule has 0 spiro atoms. The van der Waals surface area contributed by atoms with Crippen LogP contribution in [0, 0.1) is 5.92 Å². The highest BCUT2D eigenvalue weighted by Crippen LogP contribution is 2.17. The van der Waals surface area contributed by atoms with Crippen molar-refractivity contribution in [2.75, 3.05) is 51.3 Å². The lowest BCUT2D eigenvalue weighted by Crippen LogP contribution is -2.45. The molecule has 0 N–H and O–H groups in total. The summed E-state index contributed by atoms with van der Waals surface area (Å²) in [7, 11) is 2.13. The van der Waals surface area contributed by atoms with E-state index in [4.69, 9.17) is 4.74 Å². The first-order valence-corrected chi connectivity index (χ1v) is 7.81. The molecule has 0 aromatic carbocycles. The number of likely N-dealkylation sites (N-methyl/N-ethyl adjacent to an activating group) is 1. The lowest BCUT2D eigenvalue weighted by molar-refractivity contribution is 0.183. The second-order valence-corrected chi connectivity index (χ2v) is 6.08. The van der Waals surface area contributed by atoms with Gasteiger partial charge in [-0.15, -0.1) is 0 Å². The summed E-state index contributed by atoms with van der Waals surface area (Å²) in [6, 6.07) is 1.73. The molecular formula is C15H24N4O2. The third-order valence-electron chi connectivity index (χ3n) is 4.50. The van der Waals surface area contributed by atoms with Gasteiger partial charge in [-0.05, 0) is 25.8 Å². The first-order chi connectivity index (χ1) is 10.2. The molecule has 3 heterocycles. The van der Waals surface area contributed by atoms with Gasteiger partial charge in [0, 0.05) is 52.0 Å². The molecule has 1 atom stereocenters. The minimum absolute atomic E-state index is 0.00495. The van der Waals surface area contributed by atoms with E-state index in [0.29, 0.717) is 12.5 Å². The van der Waals surface area contributed by atoms with E-state index in [-0.39, 0.29) is 5.56 Å². The Morgan fingerprint density at radius 1 is 1.33 bits per heavy atom. The van der Waals surface area contributed by atoms with Crippen LogP contribution < -0.4 is 10.5 Å². The molecule has 1 aromatic heterocycles. The molecule has 0 radical (unpaired) electrons. The highest BCUT2D eigenvalue weighted by molar-refractivity contribution is 5.43. The Labute approximate surface area is 125 Å². The molecule has 1 aromatic rings. The summed E-state index contributed by atoms with van der Waals surface area (Å²) < 4.78 is 6.95. The predicted molar refractivity (Wildman–Crippen MR) is 81.8 cm³/mol. The molecule has 21 heavy (non-hydrogen) atoms. The van der Waals surface area contributed by atoms with Crippen molar-refractivity contribution < 1.29 is 4.74 Å². The van der Waals surface area contributed by atoms with Crippen molar-refractivity contribution in [3.8, 4) is 0 Å². The zero-order valence-electron chi connectivity index (χ0n) is 12.7. The molecule has 6 heteroatoms. The molecule has 0 aliphatic carbocycles. The largest absolute Gasteiger partial charge is 0.381 e. The lowest BCUT2D eigenvalue weighted by Gasteiger charge is -2.33. The molecule has 2 fully saturated rings. The summed E-state index contributed by atoms with van der Waals surface area (Å²) in [5.74, 6) is 0.580. The van der Waals surface area contributed by atoms with Crippen LogP contribution in [-0.2, 0) is 11.3 Å². The van der Waals surface area contributed by atoms with Crippen LogP contribution in [0.5, 0.6) is 0 Å². The monoisotopic (exact) mass is 292 g/mol. The van der Waals surface area contributed by atoms with E-state index in [2.05, 4.69) is 21.9 Å². The number of aromatic nitrogens is 2. The van der Waals surface area contributed by atoms with E-state index in [0.717, 1.165) is 57.9 Å². The van der Waals surface area contributed by atoms with Crippen molar-refractivity contribution >= 4 is 5.69 Å². The SMILES string of the molecule is CN1CCN(c2cnn(CCC3CCOC3)c(=O)c2)CC1. The Kier molecular flexibility index (Phi) is 4.55. The van der Waals surface area contributed by atoms with Crippen LogP contribution in [0.4, 0.5) is 5.69 Å². The Hall–Kier alpha value is -1.40. The fraction of sp³-hybridized carbons (Fsp3) is 0.733. The number of ether oxygens (including phenoxy) is 1. The number of hydrogen-bond donors (Lipinski definition) is 0. The molecule has 6 nitrogen and oxygen atoms in total. The first kappa shape index (κ1) is 14.5. The van der Waals surface area contributed by atoms with E-state index in [1.807, 2.05) is 6.20 Å². The van der Waals surface area contributed by atoms with Crippen LogP contribution in [0.15, 0.2) is 17.1 Å². The minimum Gasteiger partial charge on any atom is -0.381 e. The second-order valence-electron chi connectivity index (χ2n) is 6.08. The molecule has 0 saturated carbocycles. The number of rotatable bonds is 4. The highest BCUT2D eigenvalue weighted by Gasteiger charge is 2.17. The Bertz CT molecular complexity index is 517. The van der Waals surface area contributed by atoms with Crippen LogP contribution in [-0.4, -0.2) is 61.1 Å². The predicted octanol–water partition coefficient (Wildman–Crippen LogP) is 0.422. The summed E-state index contributed by atoms with van der Waals surface area (Å²) in [5.41, 5.74) is 0.957. The van der Waals surface area contributed by atoms with Crippen molar-refractivity contribution in [1.82, 2.24) is 14.7 Å². The molecule has 2 aliphatic rings. The van der Waals surface area contributed by atoms with Gasteiger partial charge in [0.05, 0.1) is 11.9 Å². The van der Waals surface area contributed by atoms with E-state index >= 15 is 0 Å². The average Bonchev–Trinajstić information content (AvgIpc) is 3.00. The number of hydrogen-bond acceptors (Lipinski definition) is 5. The summed E-state index contributed by atoms with van der Waals surface area (Å²) in [4.78, 5) is 16.7. The summed E-state index contributed by atoms with van der Waals surface area (Å²) in [5, 5.41) is 4.34. The van der Waals surface area contributed by atoms with Gasteiger partial charge in [0.1, 0.15) is 0 Å². The Morgan fingerprint density at radius 3 is 2.81 bits per heavy atom. The van der Waals surface area contributed by atoms with Gasteiger partial charge in [0.25, 0.3) is 5.56 Å². The number of nitrogens with zero attached hydrogens (tertiary/aromatic N) is 4. The van der Waals surface area contributed by atoms with E-state index in [1.165, 1.54) is 0 Å². The molecule has 0 amide bonds. The quantitative estimate of drug-likeness (QED) is 0.805. The van der Waals surface area contributed by atoms with Crippen molar-refractivity contribution in [3.63, 3.8) is 0 Å². The van der Waals surface area contributed by atoms with E-state index in [1.54, 1.807) is 10.7 Å². The fourth-order valence-electron chi connectivity index (χ4n) is 2.95. The van der Waals surface area contributed by atoms with Gasteiger partial charge in [-0.25, -0.2) is 4.68 Å².